The van der Waals surface area contributed by atoms with Crippen LogP contribution in [-0.4, -0.2) is 4.98 Å². The molecule has 0 saturated heterocycles. The molecule has 1 heterocycles. The Balaban J connectivity index is 1.17. The molecule has 246 valence electrons. The molecule has 0 N–H and O–H groups in total. The average Bonchev–Trinajstić information content (AvgIpc) is 3.67. The molecular weight excluding hydrogens is 643 g/mol. The Morgan fingerprint density at radius 2 is 0.887 bits per heavy atom. The van der Waals surface area contributed by atoms with Gasteiger partial charge >= 0.3 is 0 Å². The van der Waals surface area contributed by atoms with Crippen molar-refractivity contribution < 1.29 is 4.42 Å². The van der Waals surface area contributed by atoms with E-state index in [1.165, 1.54) is 65.5 Å². The largest absolute Gasteiger partial charge is 0.435 e. The second kappa shape index (κ2) is 11.8. The van der Waals surface area contributed by atoms with E-state index >= 15 is 0 Å². The maximum atomic E-state index is 6.67. The molecule has 0 amide bonds. The number of hydrogen-bond donors (Lipinski definition) is 0. The predicted molar refractivity (Wildman–Crippen MR) is 223 cm³/mol. The minimum absolute atomic E-state index is 0.629. The lowest BCUT2D eigenvalue weighted by Crippen LogP contribution is -1.92. The topological polar surface area (TPSA) is 26.0 Å². The summed E-state index contributed by atoms with van der Waals surface area (Å²) in [5.74, 6) is 0.629. The molecule has 0 atom stereocenters. The van der Waals surface area contributed by atoms with Gasteiger partial charge in [-0.1, -0.05) is 164 Å². The number of fused-ring (bicyclic) bond motifs is 8. The quantitative estimate of drug-likeness (QED) is 0.137. The smallest absolute Gasteiger partial charge is 0.227 e. The van der Waals surface area contributed by atoms with Gasteiger partial charge in [0.2, 0.25) is 5.89 Å². The van der Waals surface area contributed by atoms with Crippen molar-refractivity contribution in [1.29, 1.82) is 0 Å². The predicted octanol–water partition coefficient (Wildman–Crippen LogP) is 14.3. The molecule has 10 aromatic carbocycles. The molecule has 0 aliphatic rings. The number of nitrogens with zero attached hydrogens (tertiary/aromatic N) is 1. The minimum atomic E-state index is 0.629. The summed E-state index contributed by atoms with van der Waals surface area (Å²) in [5.41, 5.74) is 9.86. The first-order valence-electron chi connectivity index (χ1n) is 18.1. The van der Waals surface area contributed by atoms with E-state index in [4.69, 9.17) is 9.40 Å². The molecule has 0 aliphatic heterocycles. The van der Waals surface area contributed by atoms with E-state index in [9.17, 15) is 0 Å². The van der Waals surface area contributed by atoms with Crippen molar-refractivity contribution in [2.24, 2.45) is 0 Å². The molecule has 0 bridgehead atoms. The highest BCUT2D eigenvalue weighted by Gasteiger charge is 2.22. The van der Waals surface area contributed by atoms with E-state index in [0.29, 0.717) is 5.89 Å². The van der Waals surface area contributed by atoms with Gasteiger partial charge in [0, 0.05) is 10.9 Å². The molecule has 0 aliphatic carbocycles. The lowest BCUT2D eigenvalue weighted by Gasteiger charge is -2.19. The van der Waals surface area contributed by atoms with Crippen molar-refractivity contribution in [2.45, 2.75) is 0 Å². The number of rotatable bonds is 4. The molecule has 11 aromatic rings. The van der Waals surface area contributed by atoms with Crippen molar-refractivity contribution >= 4 is 65.0 Å². The SMILES string of the molecule is c1ccc(-c2nc3cc(-c4c5ccccc5c(-c5ccc(-c6ccc7ccccc7c6)cc5)c5ccccc45)c4ccc5ccccc5c4c3o2)cc1. The van der Waals surface area contributed by atoms with E-state index in [-0.39, 0.29) is 0 Å². The molecule has 0 spiro atoms. The van der Waals surface area contributed by atoms with Crippen LogP contribution in [0.15, 0.2) is 192 Å². The first kappa shape index (κ1) is 29.7. The van der Waals surface area contributed by atoms with E-state index in [1.807, 2.05) is 18.2 Å². The summed E-state index contributed by atoms with van der Waals surface area (Å²) in [7, 11) is 0. The number of oxazole rings is 1. The third kappa shape index (κ3) is 4.70. The first-order valence-corrected chi connectivity index (χ1v) is 18.1. The molecule has 53 heavy (non-hydrogen) atoms. The lowest BCUT2D eigenvalue weighted by molar-refractivity contribution is 0.623. The van der Waals surface area contributed by atoms with Crippen molar-refractivity contribution in [3.05, 3.63) is 188 Å². The maximum Gasteiger partial charge on any atom is 0.227 e. The molecule has 0 unspecified atom stereocenters. The highest BCUT2D eigenvalue weighted by molar-refractivity contribution is 6.28. The fourth-order valence-electron chi connectivity index (χ4n) is 8.40. The van der Waals surface area contributed by atoms with E-state index < -0.39 is 0 Å². The van der Waals surface area contributed by atoms with Crippen LogP contribution in [-0.2, 0) is 0 Å². The highest BCUT2D eigenvalue weighted by Crippen LogP contribution is 2.48. The van der Waals surface area contributed by atoms with Crippen LogP contribution in [0.4, 0.5) is 0 Å². The van der Waals surface area contributed by atoms with Crippen LogP contribution in [0.5, 0.6) is 0 Å². The number of aromatic nitrogens is 1. The standard InChI is InChI=1S/C51H31NO/c1-2-14-36(15-3-1)51-52-46-31-45(44-29-28-34-13-6-7-17-39(34)49(44)50(46)53-51)48-42-20-10-8-18-40(42)47(41-19-9-11-21-43(41)48)35-25-22-33(23-26-35)38-27-24-32-12-4-5-16-37(32)30-38/h1-31H. The van der Waals surface area contributed by atoms with Crippen LogP contribution in [0.2, 0.25) is 0 Å². The van der Waals surface area contributed by atoms with Crippen molar-refractivity contribution in [2.75, 3.05) is 0 Å². The zero-order chi connectivity index (χ0) is 34.9. The Kier molecular flexibility index (Phi) is 6.59. The summed E-state index contributed by atoms with van der Waals surface area (Å²) in [6, 6.07) is 67.6. The van der Waals surface area contributed by atoms with Crippen LogP contribution in [0.3, 0.4) is 0 Å². The van der Waals surface area contributed by atoms with E-state index in [2.05, 4.69) is 170 Å². The Labute approximate surface area is 306 Å². The second-order valence-electron chi connectivity index (χ2n) is 13.8. The summed E-state index contributed by atoms with van der Waals surface area (Å²) in [5, 5.41) is 11.9. The van der Waals surface area contributed by atoms with Gasteiger partial charge in [0.1, 0.15) is 5.52 Å². The normalized spacial score (nSPS) is 11.8. The number of benzene rings is 10. The van der Waals surface area contributed by atoms with Gasteiger partial charge in [-0.25, -0.2) is 4.98 Å². The van der Waals surface area contributed by atoms with Gasteiger partial charge in [0.05, 0.1) is 0 Å². The fraction of sp³-hybridized carbons (Fsp3) is 0. The van der Waals surface area contributed by atoms with Gasteiger partial charge in [0.25, 0.3) is 0 Å². The summed E-state index contributed by atoms with van der Waals surface area (Å²) in [6.07, 6.45) is 0. The summed E-state index contributed by atoms with van der Waals surface area (Å²) < 4.78 is 6.67. The second-order valence-corrected chi connectivity index (χ2v) is 13.8. The van der Waals surface area contributed by atoms with E-state index in [1.54, 1.807) is 0 Å². The Hall–Kier alpha value is -7.03. The Bertz CT molecular complexity index is 3150. The molecule has 0 saturated carbocycles. The average molecular weight is 674 g/mol. The number of hydrogen-bond acceptors (Lipinski definition) is 2. The molecule has 2 heteroatoms. The van der Waals surface area contributed by atoms with Crippen LogP contribution in [0, 0.1) is 0 Å². The Morgan fingerprint density at radius 1 is 0.340 bits per heavy atom. The van der Waals surface area contributed by atoms with Gasteiger partial charge in [-0.15, -0.1) is 0 Å². The van der Waals surface area contributed by atoms with Crippen LogP contribution >= 0.6 is 0 Å². The molecular formula is C51H31NO. The molecule has 2 nitrogen and oxygen atoms in total. The minimum Gasteiger partial charge on any atom is -0.435 e. The van der Waals surface area contributed by atoms with E-state index in [0.717, 1.165) is 38.4 Å². The molecule has 0 fully saturated rings. The fourth-order valence-corrected chi connectivity index (χ4v) is 8.40. The van der Waals surface area contributed by atoms with Crippen LogP contribution < -0.4 is 0 Å². The van der Waals surface area contributed by atoms with Gasteiger partial charge in [-0.3, -0.25) is 0 Å². The Morgan fingerprint density at radius 3 is 1.60 bits per heavy atom. The van der Waals surface area contributed by atoms with Crippen molar-refractivity contribution in [3.8, 4) is 44.8 Å². The molecule has 1 aromatic heterocycles. The van der Waals surface area contributed by atoms with Crippen LogP contribution in [0.25, 0.3) is 110 Å². The van der Waals surface area contributed by atoms with Crippen molar-refractivity contribution in [1.82, 2.24) is 4.98 Å². The van der Waals surface area contributed by atoms with Gasteiger partial charge in [0.15, 0.2) is 5.58 Å². The lowest BCUT2D eigenvalue weighted by atomic mass is 9.84. The van der Waals surface area contributed by atoms with Gasteiger partial charge in [-0.05, 0) is 106 Å². The third-order valence-corrected chi connectivity index (χ3v) is 10.9. The summed E-state index contributed by atoms with van der Waals surface area (Å²) >= 11 is 0. The molecule has 11 rings (SSSR count). The zero-order valence-electron chi connectivity index (χ0n) is 28.8. The van der Waals surface area contributed by atoms with Crippen LogP contribution in [0.1, 0.15) is 0 Å². The molecule has 0 radical (unpaired) electrons. The first-order chi connectivity index (χ1) is 26.3. The highest BCUT2D eigenvalue weighted by atomic mass is 16.3. The third-order valence-electron chi connectivity index (χ3n) is 10.9. The summed E-state index contributed by atoms with van der Waals surface area (Å²) in [6.45, 7) is 0. The van der Waals surface area contributed by atoms with Crippen molar-refractivity contribution in [3.63, 3.8) is 0 Å². The van der Waals surface area contributed by atoms with Gasteiger partial charge < -0.3 is 4.42 Å². The van der Waals surface area contributed by atoms with Gasteiger partial charge in [-0.2, -0.15) is 0 Å². The monoisotopic (exact) mass is 673 g/mol. The summed E-state index contributed by atoms with van der Waals surface area (Å²) in [4.78, 5) is 5.13. The zero-order valence-corrected chi connectivity index (χ0v) is 28.8. The maximum absolute atomic E-state index is 6.67.